The van der Waals surface area contributed by atoms with Crippen LogP contribution < -0.4 is 9.80 Å². The Bertz CT molecular complexity index is 1080. The summed E-state index contributed by atoms with van der Waals surface area (Å²) in [7, 11) is 0. The monoisotopic (exact) mass is 499 g/mol. The van der Waals surface area contributed by atoms with Gasteiger partial charge in [-0.05, 0) is 63.2 Å². The molecule has 0 unspecified atom stereocenters. The van der Waals surface area contributed by atoms with Gasteiger partial charge in [-0.3, -0.25) is 4.90 Å². The van der Waals surface area contributed by atoms with Crippen LogP contribution in [0.4, 0.5) is 15.8 Å². The average molecular weight is 500 g/mol. The number of esters is 1. The number of anilines is 2. The lowest BCUT2D eigenvalue weighted by Gasteiger charge is -2.40. The van der Waals surface area contributed by atoms with Crippen LogP contribution in [0.15, 0.2) is 42.5 Å². The molecule has 0 aromatic heterocycles. The number of carbonyl (C=O) groups is 2. The molecule has 0 saturated carbocycles. The van der Waals surface area contributed by atoms with Crippen LogP contribution >= 0.6 is 0 Å². The Balaban J connectivity index is 1.28. The summed E-state index contributed by atoms with van der Waals surface area (Å²) in [6.45, 7) is 11.6. The molecule has 2 aromatic carbocycles. The molecule has 0 amide bonds. The third kappa shape index (κ3) is 6.53. The number of carboxylic acids is 1. The van der Waals surface area contributed by atoms with Gasteiger partial charge in [0.2, 0.25) is 0 Å². The van der Waals surface area contributed by atoms with Crippen LogP contribution in [0.5, 0.6) is 0 Å². The first-order chi connectivity index (χ1) is 17.1. The van der Waals surface area contributed by atoms with Crippen molar-refractivity contribution in [2.45, 2.75) is 32.5 Å². The number of morpholine rings is 1. The van der Waals surface area contributed by atoms with E-state index in [4.69, 9.17) is 14.6 Å². The first-order valence-electron chi connectivity index (χ1n) is 12.3. The van der Waals surface area contributed by atoms with Gasteiger partial charge in [-0.1, -0.05) is 0 Å². The van der Waals surface area contributed by atoms with Crippen LogP contribution in [0.2, 0.25) is 0 Å². The van der Waals surface area contributed by atoms with E-state index in [0.29, 0.717) is 17.9 Å². The SMILES string of the molecule is CC(C)(C)OC(=O)c1ccc(N2CCO[C@H](CN3CCN(c4ccc(C(=O)O)c(F)c4)CC3)C2)cc1. The number of nitrogens with zero attached hydrogens (tertiary/aromatic N) is 3. The molecule has 1 N–H and O–H groups in total. The molecule has 2 aliphatic heterocycles. The summed E-state index contributed by atoms with van der Waals surface area (Å²) in [4.78, 5) is 30.0. The number of halogens is 1. The number of carboxylic acid groups (broad SMARTS) is 1. The van der Waals surface area contributed by atoms with Gasteiger partial charge in [0.1, 0.15) is 11.4 Å². The van der Waals surface area contributed by atoms with Gasteiger partial charge >= 0.3 is 11.9 Å². The smallest absolute Gasteiger partial charge is 0.338 e. The maximum atomic E-state index is 14.1. The average Bonchev–Trinajstić information content (AvgIpc) is 2.83. The normalized spacial score (nSPS) is 19.3. The zero-order valence-electron chi connectivity index (χ0n) is 21.1. The summed E-state index contributed by atoms with van der Waals surface area (Å²) in [5.41, 5.74) is 1.45. The number of carbonyl (C=O) groups excluding carboxylic acids is 1. The van der Waals surface area contributed by atoms with Gasteiger partial charge < -0.3 is 24.4 Å². The number of rotatable bonds is 6. The number of hydrogen-bond donors (Lipinski definition) is 1. The van der Waals surface area contributed by atoms with Crippen LogP contribution in [-0.2, 0) is 9.47 Å². The van der Waals surface area contributed by atoms with Crippen molar-refractivity contribution < 1.29 is 28.6 Å². The van der Waals surface area contributed by atoms with Crippen molar-refractivity contribution in [1.29, 1.82) is 0 Å². The van der Waals surface area contributed by atoms with E-state index in [0.717, 1.165) is 51.5 Å². The van der Waals surface area contributed by atoms with Crippen molar-refractivity contribution >= 4 is 23.3 Å². The number of ether oxygens (including phenoxy) is 2. The second-order valence-electron chi connectivity index (χ2n) is 10.2. The van der Waals surface area contributed by atoms with Crippen molar-refractivity contribution in [3.63, 3.8) is 0 Å². The molecule has 2 saturated heterocycles. The van der Waals surface area contributed by atoms with Gasteiger partial charge in [-0.2, -0.15) is 0 Å². The maximum Gasteiger partial charge on any atom is 0.338 e. The molecule has 0 bridgehead atoms. The van der Waals surface area contributed by atoms with E-state index >= 15 is 0 Å². The highest BCUT2D eigenvalue weighted by Crippen LogP contribution is 2.23. The minimum Gasteiger partial charge on any atom is -0.478 e. The first kappa shape index (κ1) is 25.9. The van der Waals surface area contributed by atoms with Crippen molar-refractivity contribution in [1.82, 2.24) is 4.90 Å². The number of aromatic carboxylic acids is 1. The molecule has 0 radical (unpaired) electrons. The molecule has 2 aromatic rings. The van der Waals surface area contributed by atoms with Crippen LogP contribution in [0, 0.1) is 5.82 Å². The Morgan fingerprint density at radius 3 is 2.28 bits per heavy atom. The fourth-order valence-electron chi connectivity index (χ4n) is 4.56. The molecule has 2 heterocycles. The molecule has 1 atom stereocenters. The van der Waals surface area contributed by atoms with Gasteiger partial charge in [-0.15, -0.1) is 0 Å². The molecule has 9 heteroatoms. The molecule has 36 heavy (non-hydrogen) atoms. The van der Waals surface area contributed by atoms with Crippen molar-refractivity contribution in [2.75, 3.05) is 62.2 Å². The summed E-state index contributed by atoms with van der Waals surface area (Å²) in [6, 6.07) is 11.8. The minimum atomic E-state index is -1.26. The lowest BCUT2D eigenvalue weighted by atomic mass is 10.1. The van der Waals surface area contributed by atoms with Gasteiger partial charge in [0, 0.05) is 57.2 Å². The number of hydrogen-bond acceptors (Lipinski definition) is 7. The Morgan fingerprint density at radius 2 is 1.67 bits per heavy atom. The van der Waals surface area contributed by atoms with Crippen molar-refractivity contribution in [2.24, 2.45) is 0 Å². The lowest BCUT2D eigenvalue weighted by molar-refractivity contribution is 0.00687. The second-order valence-corrected chi connectivity index (χ2v) is 10.2. The highest BCUT2D eigenvalue weighted by molar-refractivity contribution is 5.90. The van der Waals surface area contributed by atoms with Gasteiger partial charge in [0.25, 0.3) is 0 Å². The molecule has 8 nitrogen and oxygen atoms in total. The fraction of sp³-hybridized carbons (Fsp3) is 0.481. The third-order valence-corrected chi connectivity index (χ3v) is 6.39. The number of piperazine rings is 1. The highest BCUT2D eigenvalue weighted by Gasteiger charge is 2.26. The van der Waals surface area contributed by atoms with E-state index in [1.54, 1.807) is 18.2 Å². The zero-order chi connectivity index (χ0) is 25.9. The molecular weight excluding hydrogens is 465 g/mol. The Morgan fingerprint density at radius 1 is 1.00 bits per heavy atom. The summed E-state index contributed by atoms with van der Waals surface area (Å²) in [5.74, 6) is -2.30. The molecule has 2 fully saturated rings. The Kier molecular flexibility index (Phi) is 7.80. The Labute approximate surface area is 211 Å². The van der Waals surface area contributed by atoms with E-state index < -0.39 is 17.4 Å². The van der Waals surface area contributed by atoms with Crippen LogP contribution in [0.1, 0.15) is 41.5 Å². The fourth-order valence-corrected chi connectivity index (χ4v) is 4.56. The van der Waals surface area contributed by atoms with Crippen molar-refractivity contribution in [3.05, 3.63) is 59.4 Å². The van der Waals surface area contributed by atoms with E-state index in [1.165, 1.54) is 12.1 Å². The van der Waals surface area contributed by atoms with E-state index in [1.807, 2.05) is 32.9 Å². The largest absolute Gasteiger partial charge is 0.478 e. The molecular formula is C27H34FN3O5. The van der Waals surface area contributed by atoms with Crippen LogP contribution in [0.25, 0.3) is 0 Å². The topological polar surface area (TPSA) is 82.5 Å². The van der Waals surface area contributed by atoms with E-state index in [-0.39, 0.29) is 17.6 Å². The van der Waals surface area contributed by atoms with Crippen molar-refractivity contribution in [3.8, 4) is 0 Å². The molecule has 194 valence electrons. The second kappa shape index (κ2) is 10.8. The predicted molar refractivity (Wildman–Crippen MR) is 136 cm³/mol. The summed E-state index contributed by atoms with van der Waals surface area (Å²) < 4.78 is 25.6. The lowest BCUT2D eigenvalue weighted by Crippen LogP contribution is -2.52. The molecule has 4 rings (SSSR count). The summed E-state index contributed by atoms with van der Waals surface area (Å²) in [5, 5.41) is 9.03. The highest BCUT2D eigenvalue weighted by atomic mass is 19.1. The standard InChI is InChI=1S/C27H34FN3O5/c1-27(2,3)36-26(34)19-4-6-20(7-5-19)31-14-15-35-22(18-31)17-29-10-12-30(13-11-29)21-8-9-23(25(32)33)24(28)16-21/h4-9,16,22H,10-15,17-18H2,1-3H3,(H,32,33)/t22-/m1/s1. The summed E-state index contributed by atoms with van der Waals surface area (Å²) >= 11 is 0. The number of benzene rings is 2. The summed E-state index contributed by atoms with van der Waals surface area (Å²) in [6.07, 6.45) is 0.0585. The van der Waals surface area contributed by atoms with Gasteiger partial charge in [0.05, 0.1) is 23.8 Å². The zero-order valence-corrected chi connectivity index (χ0v) is 21.1. The van der Waals surface area contributed by atoms with Crippen LogP contribution in [0.3, 0.4) is 0 Å². The van der Waals surface area contributed by atoms with Gasteiger partial charge in [0.15, 0.2) is 0 Å². The molecule has 0 aliphatic carbocycles. The van der Waals surface area contributed by atoms with Gasteiger partial charge in [-0.25, -0.2) is 14.0 Å². The van der Waals surface area contributed by atoms with E-state index in [2.05, 4.69) is 14.7 Å². The Hall–Kier alpha value is -3.17. The molecule has 2 aliphatic rings. The predicted octanol–water partition coefficient (Wildman–Crippen LogP) is 3.51. The maximum absolute atomic E-state index is 14.1. The van der Waals surface area contributed by atoms with E-state index in [9.17, 15) is 14.0 Å². The first-order valence-corrected chi connectivity index (χ1v) is 12.3. The third-order valence-electron chi connectivity index (χ3n) is 6.39. The quantitative estimate of drug-likeness (QED) is 0.605. The van der Waals surface area contributed by atoms with Crippen LogP contribution in [-0.4, -0.2) is 86.1 Å². The molecule has 0 spiro atoms. The minimum absolute atomic E-state index is 0.0585.